The average molecular weight is 489 g/mol. The van der Waals surface area contributed by atoms with Gasteiger partial charge in [-0.1, -0.05) is 17.7 Å². The molecule has 0 aliphatic carbocycles. The normalized spacial score (nSPS) is 10.9. The number of anilines is 1. The van der Waals surface area contributed by atoms with Crippen molar-refractivity contribution in [3.63, 3.8) is 0 Å². The summed E-state index contributed by atoms with van der Waals surface area (Å²) in [5.74, 6) is 0.235. The quantitative estimate of drug-likeness (QED) is 0.344. The Hall–Kier alpha value is -2.38. The highest BCUT2D eigenvalue weighted by atomic mass is 127. The first-order valence-corrected chi connectivity index (χ1v) is 9.69. The fourth-order valence-corrected chi connectivity index (χ4v) is 3.28. The van der Waals surface area contributed by atoms with Crippen LogP contribution in [0.1, 0.15) is 15.9 Å². The SMILES string of the molecule is Cc1ccc2oc(-c3cc(NC(=O)c4ccc(I)cc4)ccc3Cl)nc2c1. The lowest BCUT2D eigenvalue weighted by Gasteiger charge is -2.08. The number of amides is 1. The second-order valence-electron chi connectivity index (χ2n) is 6.15. The van der Waals surface area contributed by atoms with E-state index in [4.69, 9.17) is 16.0 Å². The van der Waals surface area contributed by atoms with E-state index in [-0.39, 0.29) is 5.91 Å². The van der Waals surface area contributed by atoms with Crippen LogP contribution in [0.15, 0.2) is 65.1 Å². The first-order valence-electron chi connectivity index (χ1n) is 8.23. The Bertz CT molecular complexity index is 1150. The molecule has 0 unspecified atom stereocenters. The van der Waals surface area contributed by atoms with Gasteiger partial charge in [-0.3, -0.25) is 4.79 Å². The van der Waals surface area contributed by atoms with Gasteiger partial charge in [0, 0.05) is 14.8 Å². The second-order valence-corrected chi connectivity index (χ2v) is 7.80. The van der Waals surface area contributed by atoms with Gasteiger partial charge in [0.15, 0.2) is 5.58 Å². The third-order valence-corrected chi connectivity index (χ3v) is 5.15. The van der Waals surface area contributed by atoms with Crippen LogP contribution in [0.2, 0.25) is 5.02 Å². The van der Waals surface area contributed by atoms with Gasteiger partial charge < -0.3 is 9.73 Å². The van der Waals surface area contributed by atoms with Crippen molar-refractivity contribution >= 4 is 56.9 Å². The molecule has 0 aliphatic rings. The van der Waals surface area contributed by atoms with Crippen molar-refractivity contribution < 1.29 is 9.21 Å². The maximum absolute atomic E-state index is 12.5. The van der Waals surface area contributed by atoms with Gasteiger partial charge >= 0.3 is 0 Å². The van der Waals surface area contributed by atoms with Crippen LogP contribution in [0.5, 0.6) is 0 Å². The number of hydrogen-bond donors (Lipinski definition) is 1. The highest BCUT2D eigenvalue weighted by molar-refractivity contribution is 14.1. The molecule has 0 atom stereocenters. The maximum atomic E-state index is 12.5. The molecule has 4 rings (SSSR count). The van der Waals surface area contributed by atoms with Crippen molar-refractivity contribution in [3.8, 4) is 11.5 Å². The molecular formula is C21H14ClIN2O2. The van der Waals surface area contributed by atoms with Gasteiger partial charge in [-0.15, -0.1) is 0 Å². The first kappa shape index (κ1) is 18.0. The van der Waals surface area contributed by atoms with Gasteiger partial charge in [0.05, 0.1) is 10.6 Å². The van der Waals surface area contributed by atoms with Gasteiger partial charge in [0.2, 0.25) is 5.89 Å². The Morgan fingerprint density at radius 3 is 2.63 bits per heavy atom. The molecule has 27 heavy (non-hydrogen) atoms. The third-order valence-electron chi connectivity index (χ3n) is 4.10. The summed E-state index contributed by atoms with van der Waals surface area (Å²) in [5.41, 5.74) is 4.41. The molecule has 0 spiro atoms. The van der Waals surface area contributed by atoms with Crippen LogP contribution in [0.3, 0.4) is 0 Å². The van der Waals surface area contributed by atoms with Crippen LogP contribution < -0.4 is 5.32 Å². The Morgan fingerprint density at radius 2 is 1.85 bits per heavy atom. The monoisotopic (exact) mass is 488 g/mol. The number of hydrogen-bond acceptors (Lipinski definition) is 3. The van der Waals surface area contributed by atoms with Crippen LogP contribution in [-0.4, -0.2) is 10.9 Å². The summed E-state index contributed by atoms with van der Waals surface area (Å²) >= 11 is 8.55. The van der Waals surface area contributed by atoms with Crippen LogP contribution >= 0.6 is 34.2 Å². The predicted octanol–water partition coefficient (Wildman–Crippen LogP) is 6.31. The average Bonchev–Trinajstić information content (AvgIpc) is 3.06. The molecule has 6 heteroatoms. The standard InChI is InChI=1S/C21H14ClIN2O2/c1-12-2-9-19-18(10-12)25-21(27-19)16-11-15(7-8-17(16)22)24-20(26)13-3-5-14(23)6-4-13/h2-11H,1H3,(H,24,26). The zero-order chi connectivity index (χ0) is 19.0. The van der Waals surface area contributed by atoms with Crippen LogP contribution in [0, 0.1) is 10.5 Å². The number of halogens is 2. The molecule has 0 bridgehead atoms. The number of nitrogens with one attached hydrogen (secondary N) is 1. The van der Waals surface area contributed by atoms with E-state index in [2.05, 4.69) is 32.9 Å². The van der Waals surface area contributed by atoms with E-state index in [9.17, 15) is 4.79 Å². The number of aryl methyl sites for hydroxylation is 1. The number of nitrogens with zero attached hydrogens (tertiary/aromatic N) is 1. The van der Waals surface area contributed by atoms with Crippen molar-refractivity contribution in [2.24, 2.45) is 0 Å². The van der Waals surface area contributed by atoms with Crippen LogP contribution in [-0.2, 0) is 0 Å². The smallest absolute Gasteiger partial charge is 0.255 e. The Labute approximate surface area is 174 Å². The van der Waals surface area contributed by atoms with Crippen LogP contribution in [0.4, 0.5) is 5.69 Å². The minimum Gasteiger partial charge on any atom is -0.436 e. The van der Waals surface area contributed by atoms with Crippen molar-refractivity contribution in [1.29, 1.82) is 0 Å². The van der Waals surface area contributed by atoms with Gasteiger partial charge in [0.1, 0.15) is 5.52 Å². The van der Waals surface area contributed by atoms with E-state index in [1.807, 2.05) is 37.3 Å². The lowest BCUT2D eigenvalue weighted by Crippen LogP contribution is -2.11. The first-order chi connectivity index (χ1) is 13.0. The fraction of sp³-hybridized carbons (Fsp3) is 0.0476. The maximum Gasteiger partial charge on any atom is 0.255 e. The Morgan fingerprint density at radius 1 is 1.07 bits per heavy atom. The van der Waals surface area contributed by atoms with Crippen molar-refractivity contribution in [2.45, 2.75) is 6.92 Å². The van der Waals surface area contributed by atoms with E-state index in [0.29, 0.717) is 33.3 Å². The molecule has 4 aromatic rings. The number of fused-ring (bicyclic) bond motifs is 1. The fourth-order valence-electron chi connectivity index (χ4n) is 2.72. The molecule has 1 N–H and O–H groups in total. The summed E-state index contributed by atoms with van der Waals surface area (Å²) in [6.45, 7) is 2.00. The number of aromatic nitrogens is 1. The third kappa shape index (κ3) is 3.84. The number of carbonyl (C=O) groups is 1. The summed E-state index contributed by atoms with van der Waals surface area (Å²) in [5, 5.41) is 3.39. The highest BCUT2D eigenvalue weighted by Gasteiger charge is 2.14. The molecule has 134 valence electrons. The van der Waals surface area contributed by atoms with Gasteiger partial charge in [0.25, 0.3) is 5.91 Å². The molecule has 0 saturated heterocycles. The summed E-state index contributed by atoms with van der Waals surface area (Å²) in [7, 11) is 0. The molecule has 0 fully saturated rings. The number of benzene rings is 3. The minimum absolute atomic E-state index is 0.187. The van der Waals surface area contributed by atoms with E-state index in [1.54, 1.807) is 30.3 Å². The molecule has 0 saturated carbocycles. The molecule has 3 aromatic carbocycles. The topological polar surface area (TPSA) is 55.1 Å². The molecule has 1 amide bonds. The lowest BCUT2D eigenvalue weighted by molar-refractivity contribution is 0.102. The van der Waals surface area contributed by atoms with E-state index >= 15 is 0 Å². The van der Waals surface area contributed by atoms with E-state index in [0.717, 1.165) is 14.7 Å². The van der Waals surface area contributed by atoms with Gasteiger partial charge in [-0.25, -0.2) is 4.98 Å². The zero-order valence-corrected chi connectivity index (χ0v) is 17.2. The van der Waals surface area contributed by atoms with Crippen LogP contribution in [0.25, 0.3) is 22.6 Å². The largest absolute Gasteiger partial charge is 0.436 e. The summed E-state index contributed by atoms with van der Waals surface area (Å²) in [6, 6.07) is 18.4. The molecule has 4 nitrogen and oxygen atoms in total. The molecule has 0 aliphatic heterocycles. The second kappa shape index (κ2) is 7.32. The van der Waals surface area contributed by atoms with E-state index in [1.165, 1.54) is 0 Å². The molecular weight excluding hydrogens is 475 g/mol. The van der Waals surface area contributed by atoms with Gasteiger partial charge in [-0.05, 0) is 89.7 Å². The van der Waals surface area contributed by atoms with Gasteiger partial charge in [-0.2, -0.15) is 0 Å². The number of oxazole rings is 1. The summed E-state index contributed by atoms with van der Waals surface area (Å²) < 4.78 is 6.91. The van der Waals surface area contributed by atoms with Crippen molar-refractivity contribution in [3.05, 3.63) is 80.4 Å². The Balaban J connectivity index is 1.66. The Kier molecular flexibility index (Phi) is 4.88. The summed E-state index contributed by atoms with van der Waals surface area (Å²) in [6.07, 6.45) is 0. The molecule has 1 heterocycles. The predicted molar refractivity (Wildman–Crippen MR) is 116 cm³/mol. The lowest BCUT2D eigenvalue weighted by atomic mass is 10.1. The zero-order valence-electron chi connectivity index (χ0n) is 14.3. The number of rotatable bonds is 3. The number of carbonyl (C=O) groups excluding carboxylic acids is 1. The van der Waals surface area contributed by atoms with Crippen molar-refractivity contribution in [2.75, 3.05) is 5.32 Å². The molecule has 0 radical (unpaired) electrons. The highest BCUT2D eigenvalue weighted by Crippen LogP contribution is 2.32. The van der Waals surface area contributed by atoms with Crippen molar-refractivity contribution in [1.82, 2.24) is 4.98 Å². The minimum atomic E-state index is -0.187. The molecule has 1 aromatic heterocycles. The summed E-state index contributed by atoms with van der Waals surface area (Å²) in [4.78, 5) is 17.0. The van der Waals surface area contributed by atoms with E-state index < -0.39 is 0 Å².